The van der Waals surface area contributed by atoms with Gasteiger partial charge >= 0.3 is 0 Å². The number of hydrogen-bond acceptors (Lipinski definition) is 4. The lowest BCUT2D eigenvalue weighted by molar-refractivity contribution is -0.131. The molecule has 0 aromatic heterocycles. The second kappa shape index (κ2) is 4.01. The Morgan fingerprint density at radius 3 is 2.87 bits per heavy atom. The molecule has 2 atom stereocenters. The van der Waals surface area contributed by atoms with Gasteiger partial charge in [-0.2, -0.15) is 0 Å². The molecule has 3 heterocycles. The van der Waals surface area contributed by atoms with Crippen LogP contribution in [0, 0.1) is 5.92 Å². The molecule has 3 aliphatic heterocycles. The first-order chi connectivity index (χ1) is 7.39. The molecule has 0 amide bonds. The van der Waals surface area contributed by atoms with Crippen LogP contribution in [-0.2, 0) is 9.47 Å². The van der Waals surface area contributed by atoms with Crippen molar-refractivity contribution in [3.63, 3.8) is 0 Å². The highest BCUT2D eigenvalue weighted by Gasteiger charge is 2.47. The van der Waals surface area contributed by atoms with Gasteiger partial charge in [0, 0.05) is 38.9 Å². The van der Waals surface area contributed by atoms with E-state index in [1.54, 1.807) is 0 Å². The van der Waals surface area contributed by atoms with Crippen molar-refractivity contribution >= 4 is 0 Å². The topological polar surface area (TPSA) is 42.5 Å². The molecule has 3 aliphatic rings. The fourth-order valence-corrected chi connectivity index (χ4v) is 2.89. The summed E-state index contributed by atoms with van der Waals surface area (Å²) in [5.74, 6) is 0.738. The average Bonchev–Trinajstić information content (AvgIpc) is 2.69. The van der Waals surface area contributed by atoms with Gasteiger partial charge in [0.25, 0.3) is 0 Å². The zero-order valence-corrected chi connectivity index (χ0v) is 9.13. The quantitative estimate of drug-likeness (QED) is 0.662. The Labute approximate surface area is 90.7 Å². The molecular weight excluding hydrogens is 192 g/mol. The summed E-state index contributed by atoms with van der Waals surface area (Å²) in [6.07, 6.45) is 2.43. The first-order valence-electron chi connectivity index (χ1n) is 6.05. The Bertz CT molecular complexity index is 225. The van der Waals surface area contributed by atoms with Crippen LogP contribution in [0.3, 0.4) is 0 Å². The summed E-state index contributed by atoms with van der Waals surface area (Å²) in [6, 6.07) is 0.527. The van der Waals surface area contributed by atoms with E-state index in [4.69, 9.17) is 9.47 Å². The van der Waals surface area contributed by atoms with E-state index < -0.39 is 0 Å². The summed E-state index contributed by atoms with van der Waals surface area (Å²) in [7, 11) is 0. The van der Waals surface area contributed by atoms with E-state index in [-0.39, 0.29) is 5.60 Å². The number of rotatable bonds is 2. The minimum Gasteiger partial charge on any atom is -0.381 e. The molecule has 0 aliphatic carbocycles. The minimum absolute atomic E-state index is 0.0981. The van der Waals surface area contributed by atoms with Crippen LogP contribution in [0.1, 0.15) is 12.8 Å². The normalized spacial score (nSPS) is 39.2. The first kappa shape index (κ1) is 10.0. The maximum atomic E-state index is 5.96. The number of ether oxygens (including phenoxy) is 2. The highest BCUT2D eigenvalue weighted by molar-refractivity contribution is 5.06. The van der Waals surface area contributed by atoms with E-state index in [9.17, 15) is 0 Å². The minimum atomic E-state index is 0.0981. The molecule has 3 fully saturated rings. The molecule has 2 unspecified atom stereocenters. The molecule has 86 valence electrons. The second-order valence-corrected chi connectivity index (χ2v) is 4.99. The predicted molar refractivity (Wildman–Crippen MR) is 56.9 cm³/mol. The van der Waals surface area contributed by atoms with Crippen molar-refractivity contribution in [1.29, 1.82) is 0 Å². The van der Waals surface area contributed by atoms with Crippen LogP contribution >= 0.6 is 0 Å². The Morgan fingerprint density at radius 1 is 1.27 bits per heavy atom. The van der Waals surface area contributed by atoms with Crippen molar-refractivity contribution in [3.05, 3.63) is 0 Å². The van der Waals surface area contributed by atoms with Crippen LogP contribution in [0.5, 0.6) is 0 Å². The maximum Gasteiger partial charge on any atom is 0.108 e. The van der Waals surface area contributed by atoms with Gasteiger partial charge in [0.1, 0.15) is 5.60 Å². The van der Waals surface area contributed by atoms with Crippen LogP contribution in [-0.4, -0.2) is 51.1 Å². The van der Waals surface area contributed by atoms with Gasteiger partial charge in [0.05, 0.1) is 6.61 Å². The van der Waals surface area contributed by atoms with Gasteiger partial charge in [-0.1, -0.05) is 0 Å². The van der Waals surface area contributed by atoms with Crippen LogP contribution in [0.15, 0.2) is 0 Å². The molecule has 0 saturated carbocycles. The van der Waals surface area contributed by atoms with E-state index in [0.29, 0.717) is 6.04 Å². The van der Waals surface area contributed by atoms with Crippen molar-refractivity contribution in [3.8, 4) is 0 Å². The summed E-state index contributed by atoms with van der Waals surface area (Å²) < 4.78 is 11.4. The largest absolute Gasteiger partial charge is 0.381 e. The van der Waals surface area contributed by atoms with E-state index in [2.05, 4.69) is 10.6 Å². The van der Waals surface area contributed by atoms with Crippen molar-refractivity contribution in [2.24, 2.45) is 5.92 Å². The Kier molecular flexibility index (Phi) is 2.68. The van der Waals surface area contributed by atoms with Crippen LogP contribution < -0.4 is 10.6 Å². The molecule has 15 heavy (non-hydrogen) atoms. The van der Waals surface area contributed by atoms with E-state index in [0.717, 1.165) is 45.4 Å². The Hall–Kier alpha value is -0.160. The van der Waals surface area contributed by atoms with E-state index in [1.807, 2.05) is 0 Å². The highest BCUT2D eigenvalue weighted by atomic mass is 16.5. The van der Waals surface area contributed by atoms with Gasteiger partial charge in [0.15, 0.2) is 0 Å². The lowest BCUT2D eigenvalue weighted by atomic mass is 9.81. The summed E-state index contributed by atoms with van der Waals surface area (Å²) >= 11 is 0. The summed E-state index contributed by atoms with van der Waals surface area (Å²) in [5, 5.41) is 6.95. The molecule has 0 aromatic carbocycles. The third-order valence-corrected chi connectivity index (χ3v) is 3.96. The van der Waals surface area contributed by atoms with Gasteiger partial charge in [-0.15, -0.1) is 0 Å². The molecule has 2 N–H and O–H groups in total. The van der Waals surface area contributed by atoms with Gasteiger partial charge in [0.2, 0.25) is 0 Å². The second-order valence-electron chi connectivity index (χ2n) is 4.99. The van der Waals surface area contributed by atoms with Gasteiger partial charge in [-0.3, -0.25) is 0 Å². The number of hydrogen-bond donors (Lipinski definition) is 2. The van der Waals surface area contributed by atoms with Gasteiger partial charge in [-0.25, -0.2) is 0 Å². The van der Waals surface area contributed by atoms with Crippen molar-refractivity contribution in [2.45, 2.75) is 24.5 Å². The van der Waals surface area contributed by atoms with Gasteiger partial charge < -0.3 is 20.1 Å². The number of nitrogens with one attached hydrogen (secondary N) is 2. The molecule has 0 radical (unpaired) electrons. The molecule has 3 saturated heterocycles. The van der Waals surface area contributed by atoms with Crippen molar-refractivity contribution < 1.29 is 9.47 Å². The zero-order chi connectivity index (χ0) is 10.1. The predicted octanol–water partition coefficient (Wildman–Crippen LogP) is -0.257. The van der Waals surface area contributed by atoms with Crippen LogP contribution in [0.4, 0.5) is 0 Å². The summed E-state index contributed by atoms with van der Waals surface area (Å²) in [5.41, 5.74) is 0.0981. The molecule has 0 aromatic rings. The third kappa shape index (κ3) is 1.80. The fraction of sp³-hybridized carbons (Fsp3) is 1.00. The lowest BCUT2D eigenvalue weighted by Gasteiger charge is -2.51. The average molecular weight is 212 g/mol. The third-order valence-electron chi connectivity index (χ3n) is 3.96. The van der Waals surface area contributed by atoms with Crippen LogP contribution in [0.25, 0.3) is 0 Å². The zero-order valence-electron chi connectivity index (χ0n) is 9.13. The van der Waals surface area contributed by atoms with E-state index >= 15 is 0 Å². The Morgan fingerprint density at radius 2 is 2.20 bits per heavy atom. The summed E-state index contributed by atoms with van der Waals surface area (Å²) in [4.78, 5) is 0. The molecule has 4 nitrogen and oxygen atoms in total. The maximum absolute atomic E-state index is 5.96. The van der Waals surface area contributed by atoms with E-state index in [1.165, 1.54) is 12.8 Å². The smallest absolute Gasteiger partial charge is 0.108 e. The van der Waals surface area contributed by atoms with Crippen molar-refractivity contribution in [2.75, 3.05) is 39.5 Å². The first-order valence-corrected chi connectivity index (χ1v) is 6.05. The molecule has 3 rings (SSSR count). The number of morpholine rings is 1. The monoisotopic (exact) mass is 212 g/mol. The Balaban J connectivity index is 1.61. The molecule has 1 spiro atoms. The molecule has 4 heteroatoms. The van der Waals surface area contributed by atoms with Crippen LogP contribution in [0.2, 0.25) is 0 Å². The fourth-order valence-electron chi connectivity index (χ4n) is 2.89. The van der Waals surface area contributed by atoms with Crippen molar-refractivity contribution in [1.82, 2.24) is 10.6 Å². The summed E-state index contributed by atoms with van der Waals surface area (Å²) in [6.45, 7) is 5.78. The molecule has 0 bridgehead atoms. The van der Waals surface area contributed by atoms with Gasteiger partial charge in [-0.05, 0) is 18.8 Å². The highest BCUT2D eigenvalue weighted by Crippen LogP contribution is 2.30. The SMILES string of the molecule is C1COC2(CNC2)C(CC2CCOC2)N1. The molecular formula is C11H20N2O2. The standard InChI is InChI=1S/C11H20N2O2/c1-3-14-6-9(1)5-10-11(7-12-8-11)15-4-2-13-10/h9-10,12-13H,1-8H2. The lowest BCUT2D eigenvalue weighted by Crippen LogP contribution is -2.73.